The maximum absolute atomic E-state index is 10.6. The van der Waals surface area contributed by atoms with Crippen molar-refractivity contribution in [2.75, 3.05) is 13.1 Å². The second kappa shape index (κ2) is 3.03. The molecule has 2 aliphatic heterocycles. The van der Waals surface area contributed by atoms with Crippen LogP contribution in [0.1, 0.15) is 12.8 Å². The van der Waals surface area contributed by atoms with E-state index in [0.29, 0.717) is 12.3 Å². The maximum atomic E-state index is 10.6. The summed E-state index contributed by atoms with van der Waals surface area (Å²) in [7, 11) is 0. The molecule has 2 saturated heterocycles. The van der Waals surface area contributed by atoms with Gasteiger partial charge in [-0.3, -0.25) is 0 Å². The first-order valence-corrected chi connectivity index (χ1v) is 4.36. The molecule has 4 heteroatoms. The summed E-state index contributed by atoms with van der Waals surface area (Å²) in [5.41, 5.74) is 0. The van der Waals surface area contributed by atoms with Crippen molar-refractivity contribution in [2.45, 2.75) is 25.0 Å². The van der Waals surface area contributed by atoms with Crippen LogP contribution < -0.4 is 5.32 Å². The zero-order valence-corrected chi connectivity index (χ0v) is 6.82. The molecule has 0 radical (unpaired) electrons. The molecule has 0 saturated carbocycles. The quantitative estimate of drug-likeness (QED) is 0.575. The van der Waals surface area contributed by atoms with Crippen molar-refractivity contribution in [1.29, 1.82) is 0 Å². The number of carbonyl (C=O) groups is 1. The minimum absolute atomic E-state index is 0.139. The molecule has 2 aliphatic rings. The molecule has 12 heavy (non-hydrogen) atoms. The lowest BCUT2D eigenvalue weighted by atomic mass is 9.94. The summed E-state index contributed by atoms with van der Waals surface area (Å²) >= 11 is 0. The van der Waals surface area contributed by atoms with Crippen molar-refractivity contribution < 1.29 is 14.6 Å². The zero-order chi connectivity index (χ0) is 8.55. The average molecular weight is 171 g/mol. The first-order chi connectivity index (χ1) is 5.77. The van der Waals surface area contributed by atoms with Gasteiger partial charge in [0.2, 0.25) is 0 Å². The predicted molar refractivity (Wildman–Crippen MR) is 41.9 cm³/mol. The highest BCUT2D eigenvalue weighted by atomic mass is 16.5. The number of nitrogens with one attached hydrogen (secondary N) is 1. The molecule has 0 spiro atoms. The van der Waals surface area contributed by atoms with Crippen LogP contribution in [0.2, 0.25) is 0 Å². The highest BCUT2D eigenvalue weighted by molar-refractivity contribution is 5.72. The van der Waals surface area contributed by atoms with Gasteiger partial charge in [-0.1, -0.05) is 0 Å². The molecule has 4 nitrogen and oxygen atoms in total. The average Bonchev–Trinajstić information content (AvgIpc) is 2.49. The summed E-state index contributed by atoms with van der Waals surface area (Å²) < 4.78 is 5.41. The molecule has 0 aliphatic carbocycles. The number of aliphatic carboxylic acids is 1. The Morgan fingerprint density at radius 2 is 2.25 bits per heavy atom. The fraction of sp³-hybridized carbons (Fsp3) is 0.875. The number of carboxylic acids is 1. The van der Waals surface area contributed by atoms with Crippen LogP contribution in [0.4, 0.5) is 0 Å². The zero-order valence-electron chi connectivity index (χ0n) is 6.82. The molecule has 0 aromatic heterocycles. The summed E-state index contributed by atoms with van der Waals surface area (Å²) in [6.45, 7) is 1.80. The SMILES string of the molecule is O=C(O)C1CCC2CNCC2O1. The second-order valence-electron chi connectivity index (χ2n) is 3.50. The second-order valence-corrected chi connectivity index (χ2v) is 3.50. The largest absolute Gasteiger partial charge is 0.479 e. The monoisotopic (exact) mass is 171 g/mol. The molecular weight excluding hydrogens is 158 g/mol. The van der Waals surface area contributed by atoms with E-state index in [1.54, 1.807) is 0 Å². The molecule has 3 unspecified atom stereocenters. The third kappa shape index (κ3) is 1.32. The van der Waals surface area contributed by atoms with E-state index in [-0.39, 0.29) is 6.10 Å². The van der Waals surface area contributed by atoms with E-state index < -0.39 is 12.1 Å². The van der Waals surface area contributed by atoms with Gasteiger partial charge in [0.05, 0.1) is 6.10 Å². The predicted octanol–water partition coefficient (Wildman–Crippen LogP) is -0.162. The summed E-state index contributed by atoms with van der Waals surface area (Å²) in [6.07, 6.45) is 1.22. The van der Waals surface area contributed by atoms with E-state index in [9.17, 15) is 4.79 Å². The molecule has 0 aromatic rings. The summed E-state index contributed by atoms with van der Waals surface area (Å²) in [5.74, 6) is -0.277. The van der Waals surface area contributed by atoms with Crippen LogP contribution in [0.25, 0.3) is 0 Å². The first-order valence-electron chi connectivity index (χ1n) is 4.36. The summed E-state index contributed by atoms with van der Waals surface area (Å²) in [5, 5.41) is 11.9. The van der Waals surface area contributed by atoms with Gasteiger partial charge in [0.15, 0.2) is 6.10 Å². The van der Waals surface area contributed by atoms with Crippen LogP contribution in [0.5, 0.6) is 0 Å². The molecular formula is C8H13NO3. The van der Waals surface area contributed by atoms with Gasteiger partial charge in [-0.15, -0.1) is 0 Å². The van der Waals surface area contributed by atoms with E-state index in [1.807, 2.05) is 0 Å². The van der Waals surface area contributed by atoms with Gasteiger partial charge in [-0.25, -0.2) is 4.79 Å². The number of ether oxygens (including phenoxy) is 1. The molecule has 2 fully saturated rings. The highest BCUT2D eigenvalue weighted by Gasteiger charge is 2.37. The summed E-state index contributed by atoms with van der Waals surface area (Å²) in [6, 6.07) is 0. The van der Waals surface area contributed by atoms with Gasteiger partial charge in [0.1, 0.15) is 0 Å². The lowest BCUT2D eigenvalue weighted by molar-refractivity contribution is -0.160. The molecule has 2 heterocycles. The van der Waals surface area contributed by atoms with Crippen molar-refractivity contribution in [3.63, 3.8) is 0 Å². The smallest absolute Gasteiger partial charge is 0.332 e. The van der Waals surface area contributed by atoms with Crippen LogP contribution in [-0.2, 0) is 9.53 Å². The Labute approximate surface area is 70.9 Å². The minimum Gasteiger partial charge on any atom is -0.479 e. The van der Waals surface area contributed by atoms with E-state index >= 15 is 0 Å². The van der Waals surface area contributed by atoms with Gasteiger partial charge >= 0.3 is 5.97 Å². The van der Waals surface area contributed by atoms with Crippen LogP contribution in [0, 0.1) is 5.92 Å². The normalized spacial score (nSPS) is 40.8. The third-order valence-corrected chi connectivity index (χ3v) is 2.69. The molecule has 0 bridgehead atoms. The number of hydrogen-bond donors (Lipinski definition) is 2. The molecule has 0 aromatic carbocycles. The first kappa shape index (κ1) is 8.01. The Morgan fingerprint density at radius 3 is 3.00 bits per heavy atom. The van der Waals surface area contributed by atoms with Crippen molar-refractivity contribution in [1.82, 2.24) is 5.32 Å². The molecule has 0 amide bonds. The Bertz CT molecular complexity index is 195. The van der Waals surface area contributed by atoms with E-state index in [4.69, 9.17) is 9.84 Å². The molecule has 3 atom stereocenters. The van der Waals surface area contributed by atoms with Gasteiger partial charge in [0, 0.05) is 13.1 Å². The minimum atomic E-state index is -0.819. The van der Waals surface area contributed by atoms with E-state index in [1.165, 1.54) is 0 Å². The highest BCUT2D eigenvalue weighted by Crippen LogP contribution is 2.27. The topological polar surface area (TPSA) is 58.6 Å². The van der Waals surface area contributed by atoms with Crippen molar-refractivity contribution >= 4 is 5.97 Å². The van der Waals surface area contributed by atoms with Gasteiger partial charge in [0.25, 0.3) is 0 Å². The number of fused-ring (bicyclic) bond motifs is 1. The summed E-state index contributed by atoms with van der Waals surface area (Å²) in [4.78, 5) is 10.6. The van der Waals surface area contributed by atoms with Crippen molar-refractivity contribution in [3.8, 4) is 0 Å². The van der Waals surface area contributed by atoms with E-state index in [0.717, 1.165) is 19.5 Å². The number of rotatable bonds is 1. The van der Waals surface area contributed by atoms with Crippen LogP contribution in [-0.4, -0.2) is 36.4 Å². The number of carboxylic acid groups (broad SMARTS) is 1. The molecule has 68 valence electrons. The Kier molecular flexibility index (Phi) is 2.02. The molecule has 2 N–H and O–H groups in total. The van der Waals surface area contributed by atoms with Crippen LogP contribution in [0.3, 0.4) is 0 Å². The lowest BCUT2D eigenvalue weighted by Crippen LogP contribution is -2.38. The van der Waals surface area contributed by atoms with Crippen LogP contribution >= 0.6 is 0 Å². The Morgan fingerprint density at radius 1 is 1.42 bits per heavy atom. The fourth-order valence-corrected chi connectivity index (χ4v) is 1.98. The standard InChI is InChI=1S/C8H13NO3/c10-8(11)6-2-1-5-3-9-4-7(5)12-6/h5-7,9H,1-4H2,(H,10,11). The van der Waals surface area contributed by atoms with Gasteiger partial charge < -0.3 is 15.2 Å². The van der Waals surface area contributed by atoms with E-state index in [2.05, 4.69) is 5.32 Å². The fourth-order valence-electron chi connectivity index (χ4n) is 1.98. The van der Waals surface area contributed by atoms with Crippen LogP contribution in [0.15, 0.2) is 0 Å². The third-order valence-electron chi connectivity index (χ3n) is 2.69. The Balaban J connectivity index is 1.96. The number of hydrogen-bond acceptors (Lipinski definition) is 3. The lowest BCUT2D eigenvalue weighted by Gasteiger charge is -2.29. The van der Waals surface area contributed by atoms with Gasteiger partial charge in [-0.2, -0.15) is 0 Å². The Hall–Kier alpha value is -0.610. The maximum Gasteiger partial charge on any atom is 0.332 e. The van der Waals surface area contributed by atoms with Crippen molar-refractivity contribution in [2.24, 2.45) is 5.92 Å². The van der Waals surface area contributed by atoms with Crippen molar-refractivity contribution in [3.05, 3.63) is 0 Å². The molecule has 2 rings (SSSR count). The van der Waals surface area contributed by atoms with Gasteiger partial charge in [-0.05, 0) is 18.8 Å².